The highest BCUT2D eigenvalue weighted by atomic mass is 16.5. The zero-order chi connectivity index (χ0) is 20.4. The number of aromatic nitrogens is 4. The SMILES string of the molecule is COCCn1ccc2c(NC(=O)[C@@H](C)n3nnc4ccccc4c3=O)cccc21. The molecular formula is C21H21N5O3. The summed E-state index contributed by atoms with van der Waals surface area (Å²) in [5, 5.41) is 12.3. The van der Waals surface area contributed by atoms with Crippen LogP contribution in [0.4, 0.5) is 5.69 Å². The van der Waals surface area contributed by atoms with E-state index in [-0.39, 0.29) is 11.5 Å². The van der Waals surface area contributed by atoms with Crippen LogP contribution >= 0.6 is 0 Å². The molecule has 0 saturated heterocycles. The Balaban J connectivity index is 1.62. The molecule has 2 aromatic carbocycles. The van der Waals surface area contributed by atoms with Crippen molar-refractivity contribution < 1.29 is 9.53 Å². The van der Waals surface area contributed by atoms with Crippen LogP contribution in [-0.4, -0.2) is 39.2 Å². The van der Waals surface area contributed by atoms with Gasteiger partial charge in [-0.3, -0.25) is 9.59 Å². The predicted molar refractivity (Wildman–Crippen MR) is 111 cm³/mol. The minimum absolute atomic E-state index is 0.339. The van der Waals surface area contributed by atoms with E-state index in [0.717, 1.165) is 22.1 Å². The van der Waals surface area contributed by atoms with Gasteiger partial charge in [-0.25, -0.2) is 0 Å². The van der Waals surface area contributed by atoms with Crippen molar-refractivity contribution >= 4 is 33.4 Å². The predicted octanol–water partition coefficient (Wildman–Crippen LogP) is 2.59. The lowest BCUT2D eigenvalue weighted by Gasteiger charge is -2.14. The summed E-state index contributed by atoms with van der Waals surface area (Å²) >= 11 is 0. The Morgan fingerprint density at radius 2 is 1.97 bits per heavy atom. The number of hydrogen-bond donors (Lipinski definition) is 1. The first-order valence-corrected chi connectivity index (χ1v) is 9.32. The van der Waals surface area contributed by atoms with Crippen LogP contribution in [0.5, 0.6) is 0 Å². The van der Waals surface area contributed by atoms with Crippen LogP contribution in [-0.2, 0) is 16.1 Å². The molecule has 0 radical (unpaired) electrons. The van der Waals surface area contributed by atoms with Crippen molar-refractivity contribution in [2.24, 2.45) is 0 Å². The molecule has 1 atom stereocenters. The molecule has 0 fully saturated rings. The Kier molecular flexibility index (Phi) is 5.09. The van der Waals surface area contributed by atoms with Gasteiger partial charge in [-0.05, 0) is 37.3 Å². The Morgan fingerprint density at radius 3 is 2.79 bits per heavy atom. The minimum atomic E-state index is -0.814. The molecule has 8 heteroatoms. The van der Waals surface area contributed by atoms with E-state index < -0.39 is 6.04 Å². The number of rotatable bonds is 6. The Labute approximate surface area is 166 Å². The third kappa shape index (κ3) is 3.50. The third-order valence-corrected chi connectivity index (χ3v) is 4.95. The zero-order valence-corrected chi connectivity index (χ0v) is 16.2. The molecule has 0 unspecified atom stereocenters. The number of methoxy groups -OCH3 is 1. The summed E-state index contributed by atoms with van der Waals surface area (Å²) in [5.74, 6) is -0.339. The van der Waals surface area contributed by atoms with Crippen LogP contribution < -0.4 is 10.9 Å². The fourth-order valence-corrected chi connectivity index (χ4v) is 3.32. The molecule has 0 bridgehead atoms. The van der Waals surface area contributed by atoms with Crippen LogP contribution in [0.1, 0.15) is 13.0 Å². The summed E-state index contributed by atoms with van der Waals surface area (Å²) in [6.07, 6.45) is 1.96. The highest BCUT2D eigenvalue weighted by molar-refractivity contribution is 6.02. The van der Waals surface area contributed by atoms with Gasteiger partial charge < -0.3 is 14.6 Å². The second-order valence-electron chi connectivity index (χ2n) is 6.76. The van der Waals surface area contributed by atoms with E-state index in [0.29, 0.717) is 23.2 Å². The minimum Gasteiger partial charge on any atom is -0.383 e. The highest BCUT2D eigenvalue weighted by Gasteiger charge is 2.20. The number of hydrogen-bond acceptors (Lipinski definition) is 5. The highest BCUT2D eigenvalue weighted by Crippen LogP contribution is 2.25. The lowest BCUT2D eigenvalue weighted by Crippen LogP contribution is -2.34. The fraction of sp³-hybridized carbons (Fsp3) is 0.238. The standard InChI is InChI=1S/C21H21N5O3/c1-14(26-21(28)16-6-3-4-7-18(16)23-24-26)20(27)22-17-8-5-9-19-15(17)10-11-25(19)12-13-29-2/h3-11,14H,12-13H2,1-2H3,(H,22,27)/t14-/m1/s1. The van der Waals surface area contributed by atoms with E-state index in [9.17, 15) is 9.59 Å². The number of ether oxygens (including phenoxy) is 1. The van der Waals surface area contributed by atoms with Gasteiger partial charge in [-0.2, -0.15) is 4.68 Å². The molecule has 0 saturated carbocycles. The average Bonchev–Trinajstić information content (AvgIpc) is 3.16. The number of anilines is 1. The number of fused-ring (bicyclic) bond motifs is 2. The van der Waals surface area contributed by atoms with Crippen LogP contribution in [0.3, 0.4) is 0 Å². The molecular weight excluding hydrogens is 370 g/mol. The quantitative estimate of drug-likeness (QED) is 0.546. The first-order chi connectivity index (χ1) is 14.1. The summed E-state index contributed by atoms with van der Waals surface area (Å²) in [6, 6.07) is 13.8. The fourth-order valence-electron chi connectivity index (χ4n) is 3.32. The maximum atomic E-state index is 12.9. The molecule has 0 aliphatic rings. The van der Waals surface area contributed by atoms with Crippen molar-refractivity contribution in [1.29, 1.82) is 0 Å². The van der Waals surface area contributed by atoms with Crippen molar-refractivity contribution in [2.75, 3.05) is 19.0 Å². The van der Waals surface area contributed by atoms with Crippen molar-refractivity contribution in [1.82, 2.24) is 19.6 Å². The molecule has 8 nitrogen and oxygen atoms in total. The summed E-state index contributed by atoms with van der Waals surface area (Å²) in [6.45, 7) is 2.95. The maximum absolute atomic E-state index is 12.9. The molecule has 1 N–H and O–H groups in total. The van der Waals surface area contributed by atoms with E-state index in [4.69, 9.17) is 4.74 Å². The van der Waals surface area contributed by atoms with Crippen LogP contribution in [0.25, 0.3) is 21.8 Å². The number of carbonyl (C=O) groups is 1. The zero-order valence-electron chi connectivity index (χ0n) is 16.2. The molecule has 2 heterocycles. The number of nitrogens with zero attached hydrogens (tertiary/aromatic N) is 4. The Hall–Kier alpha value is -3.52. The average molecular weight is 391 g/mol. The van der Waals surface area contributed by atoms with Gasteiger partial charge in [0.1, 0.15) is 11.6 Å². The van der Waals surface area contributed by atoms with Gasteiger partial charge in [0, 0.05) is 25.2 Å². The van der Waals surface area contributed by atoms with Crippen molar-refractivity contribution in [3.63, 3.8) is 0 Å². The molecule has 4 rings (SSSR count). The van der Waals surface area contributed by atoms with Crippen LogP contribution in [0, 0.1) is 0 Å². The first kappa shape index (κ1) is 18.8. The van der Waals surface area contributed by atoms with Crippen molar-refractivity contribution in [3.8, 4) is 0 Å². The van der Waals surface area contributed by atoms with Gasteiger partial charge >= 0.3 is 0 Å². The molecule has 2 aromatic heterocycles. The molecule has 4 aromatic rings. The Bertz CT molecular complexity index is 1240. The lowest BCUT2D eigenvalue weighted by atomic mass is 10.2. The smallest absolute Gasteiger partial charge is 0.278 e. The molecule has 0 aliphatic carbocycles. The Morgan fingerprint density at radius 1 is 1.14 bits per heavy atom. The summed E-state index contributed by atoms with van der Waals surface area (Å²) in [7, 11) is 1.66. The van der Waals surface area contributed by atoms with E-state index in [1.54, 1.807) is 38.3 Å². The largest absolute Gasteiger partial charge is 0.383 e. The topological polar surface area (TPSA) is 91.0 Å². The van der Waals surface area contributed by atoms with E-state index in [2.05, 4.69) is 20.2 Å². The van der Waals surface area contributed by atoms with Gasteiger partial charge in [-0.1, -0.05) is 23.4 Å². The van der Waals surface area contributed by atoms with E-state index in [1.807, 2.05) is 30.5 Å². The summed E-state index contributed by atoms with van der Waals surface area (Å²) < 4.78 is 8.32. The van der Waals surface area contributed by atoms with Crippen molar-refractivity contribution in [3.05, 3.63) is 65.1 Å². The number of carbonyl (C=O) groups excluding carboxylic acids is 1. The lowest BCUT2D eigenvalue weighted by molar-refractivity contribution is -0.119. The second-order valence-corrected chi connectivity index (χ2v) is 6.76. The normalized spacial score (nSPS) is 12.3. The molecule has 1 amide bonds. The van der Waals surface area contributed by atoms with E-state index >= 15 is 0 Å². The van der Waals surface area contributed by atoms with Crippen molar-refractivity contribution in [2.45, 2.75) is 19.5 Å². The number of benzene rings is 2. The van der Waals surface area contributed by atoms with Crippen LogP contribution in [0.15, 0.2) is 59.5 Å². The van der Waals surface area contributed by atoms with Gasteiger partial charge in [0.05, 0.1) is 23.2 Å². The number of nitrogens with one attached hydrogen (secondary N) is 1. The van der Waals surface area contributed by atoms with Gasteiger partial charge in [-0.15, -0.1) is 5.10 Å². The number of amides is 1. The van der Waals surface area contributed by atoms with Gasteiger partial charge in [0.25, 0.3) is 5.56 Å². The second kappa shape index (κ2) is 7.84. The van der Waals surface area contributed by atoms with Gasteiger partial charge in [0.2, 0.25) is 5.91 Å². The first-order valence-electron chi connectivity index (χ1n) is 9.32. The summed E-state index contributed by atoms with van der Waals surface area (Å²) in [4.78, 5) is 25.6. The molecule has 0 spiro atoms. The third-order valence-electron chi connectivity index (χ3n) is 4.95. The molecule has 0 aliphatic heterocycles. The monoisotopic (exact) mass is 391 g/mol. The molecule has 148 valence electrons. The van der Waals surface area contributed by atoms with E-state index in [1.165, 1.54) is 0 Å². The molecule has 29 heavy (non-hydrogen) atoms. The van der Waals surface area contributed by atoms with Gasteiger partial charge in [0.15, 0.2) is 0 Å². The summed E-state index contributed by atoms with van der Waals surface area (Å²) in [5.41, 5.74) is 1.83. The maximum Gasteiger partial charge on any atom is 0.278 e. The van der Waals surface area contributed by atoms with Crippen LogP contribution in [0.2, 0.25) is 0 Å².